The maximum atomic E-state index is 11.7. The van der Waals surface area contributed by atoms with Crippen molar-refractivity contribution in [2.24, 2.45) is 34.5 Å². The predicted octanol–water partition coefficient (Wildman–Crippen LogP) is 6.03. The van der Waals surface area contributed by atoms with Crippen molar-refractivity contribution in [2.75, 3.05) is 13.2 Å². The third kappa shape index (κ3) is 4.94. The largest absolute Gasteiger partial charge is 0.396 e. The molecule has 4 aliphatic rings. The van der Waals surface area contributed by atoms with E-state index in [0.717, 1.165) is 50.0 Å². The first-order chi connectivity index (χ1) is 15.8. The van der Waals surface area contributed by atoms with Gasteiger partial charge >= 0.3 is 0 Å². The molecule has 188 valence electrons. The molecule has 0 heterocycles. The summed E-state index contributed by atoms with van der Waals surface area (Å²) < 4.78 is 6.31. The van der Waals surface area contributed by atoms with Crippen LogP contribution in [0.25, 0.3) is 0 Å². The molecule has 1 amide bonds. The molecule has 4 heteroatoms. The van der Waals surface area contributed by atoms with Crippen LogP contribution >= 0.6 is 0 Å². The van der Waals surface area contributed by atoms with Crippen molar-refractivity contribution in [1.29, 1.82) is 0 Å². The number of nitrogens with one attached hydrogen (secondary N) is 1. The summed E-state index contributed by atoms with van der Waals surface area (Å²) in [6.07, 6.45) is 17.5. The second-order valence-corrected chi connectivity index (χ2v) is 12.4. The minimum atomic E-state index is 0.116. The van der Waals surface area contributed by atoms with Crippen LogP contribution in [0.15, 0.2) is 11.6 Å². The number of aliphatic hydroxyl groups excluding tert-OH is 1. The lowest BCUT2D eigenvalue weighted by Gasteiger charge is -2.58. The molecule has 0 aromatic carbocycles. The van der Waals surface area contributed by atoms with Crippen LogP contribution in [0, 0.1) is 34.5 Å². The fraction of sp³-hybridized carbons (Fsp3) is 0.897. The van der Waals surface area contributed by atoms with E-state index in [1.54, 1.807) is 12.5 Å². The molecule has 4 rings (SSSR count). The van der Waals surface area contributed by atoms with Crippen LogP contribution in [0.4, 0.5) is 0 Å². The summed E-state index contributed by atoms with van der Waals surface area (Å²) in [4.78, 5) is 11.7. The molecule has 33 heavy (non-hydrogen) atoms. The topological polar surface area (TPSA) is 58.6 Å². The zero-order valence-electron chi connectivity index (χ0n) is 21.7. The number of unbranched alkanes of at least 4 members (excludes halogenated alkanes) is 3. The summed E-state index contributed by atoms with van der Waals surface area (Å²) in [5.74, 6) is 3.18. The molecule has 0 bridgehead atoms. The Bertz CT molecular complexity index is 720. The van der Waals surface area contributed by atoms with E-state index in [2.05, 4.69) is 32.2 Å². The van der Waals surface area contributed by atoms with E-state index in [9.17, 15) is 4.79 Å². The molecule has 4 nitrogen and oxygen atoms in total. The molecule has 0 spiro atoms. The average molecular weight is 460 g/mol. The normalized spacial score (nSPS) is 40.9. The van der Waals surface area contributed by atoms with E-state index in [4.69, 9.17) is 9.84 Å². The number of carbonyl (C=O) groups excluding carboxylic acids is 1. The molecule has 2 N–H and O–H groups in total. The smallest absolute Gasteiger partial charge is 0.217 e. The number of aliphatic hydroxyl groups is 1. The maximum Gasteiger partial charge on any atom is 0.217 e. The van der Waals surface area contributed by atoms with Gasteiger partial charge < -0.3 is 15.2 Å². The fourth-order valence-corrected chi connectivity index (χ4v) is 8.87. The maximum absolute atomic E-state index is 11.7. The van der Waals surface area contributed by atoms with E-state index < -0.39 is 0 Å². The number of rotatable bonds is 9. The first kappa shape index (κ1) is 25.2. The minimum absolute atomic E-state index is 0.116. The molecule has 8 atom stereocenters. The molecule has 0 aromatic heterocycles. The second kappa shape index (κ2) is 10.4. The van der Waals surface area contributed by atoms with Crippen molar-refractivity contribution >= 4 is 5.91 Å². The molecule has 0 aromatic rings. The van der Waals surface area contributed by atoms with Crippen LogP contribution in [0.5, 0.6) is 0 Å². The van der Waals surface area contributed by atoms with Crippen molar-refractivity contribution in [3.05, 3.63) is 11.6 Å². The van der Waals surface area contributed by atoms with E-state index in [-0.39, 0.29) is 11.9 Å². The Kier molecular flexibility index (Phi) is 7.95. The van der Waals surface area contributed by atoms with Gasteiger partial charge in [-0.1, -0.05) is 38.3 Å². The zero-order valence-corrected chi connectivity index (χ0v) is 21.7. The van der Waals surface area contributed by atoms with Gasteiger partial charge in [-0.05, 0) is 106 Å². The summed E-state index contributed by atoms with van der Waals surface area (Å²) in [5.41, 5.74) is 2.44. The van der Waals surface area contributed by atoms with Crippen molar-refractivity contribution in [2.45, 2.75) is 117 Å². The quantitative estimate of drug-likeness (QED) is 0.327. The van der Waals surface area contributed by atoms with E-state index in [1.165, 1.54) is 51.4 Å². The van der Waals surface area contributed by atoms with Gasteiger partial charge in [0.1, 0.15) is 0 Å². The van der Waals surface area contributed by atoms with Gasteiger partial charge in [0.15, 0.2) is 0 Å². The van der Waals surface area contributed by atoms with Crippen LogP contribution < -0.4 is 5.32 Å². The Morgan fingerprint density at radius 3 is 2.67 bits per heavy atom. The van der Waals surface area contributed by atoms with Crippen molar-refractivity contribution in [3.8, 4) is 0 Å². The third-order valence-corrected chi connectivity index (χ3v) is 10.6. The highest BCUT2D eigenvalue weighted by Gasteiger charge is 2.59. The Balaban J connectivity index is 1.38. The van der Waals surface area contributed by atoms with Crippen molar-refractivity contribution in [3.63, 3.8) is 0 Å². The Labute approximate surface area is 202 Å². The number of hydrogen-bond donors (Lipinski definition) is 2. The molecule has 0 saturated heterocycles. The number of hydrogen-bond acceptors (Lipinski definition) is 3. The zero-order chi connectivity index (χ0) is 23.6. The fourth-order valence-electron chi connectivity index (χ4n) is 8.87. The van der Waals surface area contributed by atoms with E-state index in [1.807, 2.05) is 0 Å². The Morgan fingerprint density at radius 1 is 1.12 bits per heavy atom. The summed E-state index contributed by atoms with van der Waals surface area (Å²) in [6, 6.07) is 0.288. The number of fused-ring (bicyclic) bond motifs is 5. The number of ether oxygens (including phenoxy) is 1. The van der Waals surface area contributed by atoms with Crippen molar-refractivity contribution < 1.29 is 14.6 Å². The lowest BCUT2D eigenvalue weighted by atomic mass is 9.47. The van der Waals surface area contributed by atoms with Gasteiger partial charge in [0.2, 0.25) is 5.91 Å². The van der Waals surface area contributed by atoms with Gasteiger partial charge in [-0.2, -0.15) is 0 Å². The van der Waals surface area contributed by atoms with Crippen LogP contribution in [-0.2, 0) is 9.53 Å². The van der Waals surface area contributed by atoms with Crippen LogP contribution in [0.2, 0.25) is 0 Å². The highest BCUT2D eigenvalue weighted by Crippen LogP contribution is 2.66. The summed E-state index contributed by atoms with van der Waals surface area (Å²) in [6.45, 7) is 10.2. The first-order valence-corrected chi connectivity index (χ1v) is 14.0. The van der Waals surface area contributed by atoms with Gasteiger partial charge in [-0.25, -0.2) is 0 Å². The molecule has 1 unspecified atom stereocenters. The van der Waals surface area contributed by atoms with Gasteiger partial charge in [0.05, 0.1) is 6.10 Å². The molecular formula is C29H49NO3. The Morgan fingerprint density at radius 2 is 1.91 bits per heavy atom. The van der Waals surface area contributed by atoms with Gasteiger partial charge in [-0.3, -0.25) is 4.79 Å². The van der Waals surface area contributed by atoms with Crippen LogP contribution in [-0.4, -0.2) is 36.4 Å². The van der Waals surface area contributed by atoms with Gasteiger partial charge in [0.25, 0.3) is 0 Å². The van der Waals surface area contributed by atoms with Crippen molar-refractivity contribution in [1.82, 2.24) is 5.32 Å². The molecule has 3 fully saturated rings. The minimum Gasteiger partial charge on any atom is -0.396 e. The molecule has 0 radical (unpaired) electrons. The van der Waals surface area contributed by atoms with Gasteiger partial charge in [-0.15, -0.1) is 0 Å². The lowest BCUT2D eigenvalue weighted by molar-refractivity contribution is -0.120. The third-order valence-electron chi connectivity index (χ3n) is 10.6. The highest BCUT2D eigenvalue weighted by atomic mass is 16.5. The monoisotopic (exact) mass is 459 g/mol. The molecular weight excluding hydrogens is 410 g/mol. The lowest BCUT2D eigenvalue weighted by Crippen LogP contribution is -2.52. The summed E-state index contributed by atoms with van der Waals surface area (Å²) in [5, 5.41) is 12.2. The van der Waals surface area contributed by atoms with E-state index >= 15 is 0 Å². The average Bonchev–Trinajstić information content (AvgIpc) is 3.13. The number of allylic oxidation sites excluding steroid dienone is 1. The number of amides is 1. The van der Waals surface area contributed by atoms with Crippen LogP contribution in [0.1, 0.15) is 105 Å². The highest BCUT2D eigenvalue weighted by molar-refractivity contribution is 5.73. The predicted molar refractivity (Wildman–Crippen MR) is 134 cm³/mol. The van der Waals surface area contributed by atoms with E-state index in [0.29, 0.717) is 29.5 Å². The standard InChI is InChI=1S/C29H49NO3/c1-20(30-21(2)32)25-11-12-26-24-10-9-22-19-23(33-18-8-6-5-7-17-31)13-15-28(22,3)27(24)14-16-29(25,26)4/h9,20,23-27,31H,5-8,10-19H2,1-4H3,(H,30,32)/t20?,23-,24-,25+,26-,27-,28-,29+/m0/s1. The first-order valence-electron chi connectivity index (χ1n) is 14.0. The van der Waals surface area contributed by atoms with Gasteiger partial charge in [0, 0.05) is 26.2 Å². The summed E-state index contributed by atoms with van der Waals surface area (Å²) >= 11 is 0. The number of carbonyl (C=O) groups is 1. The molecule has 3 saturated carbocycles. The molecule has 4 aliphatic carbocycles. The van der Waals surface area contributed by atoms with Crippen LogP contribution in [0.3, 0.4) is 0 Å². The second-order valence-electron chi connectivity index (χ2n) is 12.4. The molecule has 0 aliphatic heterocycles. The Hall–Kier alpha value is -0.870. The summed E-state index contributed by atoms with van der Waals surface area (Å²) in [7, 11) is 0. The SMILES string of the molecule is CC(=O)NC(C)[C@H]1CC[C@H]2[C@@H]3CC=C4C[C@@H](OCCCCCCO)CC[C@]4(C)[C@H]3CC[C@]12C.